The van der Waals surface area contributed by atoms with E-state index in [4.69, 9.17) is 0 Å². The first-order chi connectivity index (χ1) is 9.65. The van der Waals surface area contributed by atoms with Crippen molar-refractivity contribution in [3.8, 4) is 0 Å². The predicted molar refractivity (Wildman–Crippen MR) is 79.5 cm³/mol. The number of benzene rings is 1. The fourth-order valence-corrected chi connectivity index (χ4v) is 3.95. The van der Waals surface area contributed by atoms with Crippen LogP contribution in [0.1, 0.15) is 18.4 Å². The maximum atomic E-state index is 12.3. The zero-order valence-corrected chi connectivity index (χ0v) is 12.4. The molecule has 1 fully saturated rings. The van der Waals surface area contributed by atoms with Gasteiger partial charge in [0.05, 0.1) is 4.90 Å². The number of nitrogens with one attached hydrogen (secondary N) is 2. The molecule has 3 rings (SSSR count). The van der Waals surface area contributed by atoms with Crippen LogP contribution in [-0.2, 0) is 16.4 Å². The van der Waals surface area contributed by atoms with Crippen molar-refractivity contribution >= 4 is 15.7 Å². The summed E-state index contributed by atoms with van der Waals surface area (Å²) in [6.45, 7) is 4.35. The van der Waals surface area contributed by atoms with Crippen LogP contribution < -0.4 is 10.0 Å². The van der Waals surface area contributed by atoms with E-state index in [0.717, 1.165) is 43.9 Å². The second-order valence-corrected chi connectivity index (χ2v) is 7.21. The van der Waals surface area contributed by atoms with Gasteiger partial charge in [-0.1, -0.05) is 0 Å². The minimum absolute atomic E-state index is 0.376. The number of fused-ring (bicyclic) bond motifs is 1. The quantitative estimate of drug-likeness (QED) is 0.852. The van der Waals surface area contributed by atoms with E-state index in [1.807, 2.05) is 6.07 Å². The molecular formula is C14H21N3O2S. The molecule has 0 aromatic heterocycles. The third-order valence-corrected chi connectivity index (χ3v) is 5.47. The number of sulfonamides is 1. The monoisotopic (exact) mass is 295 g/mol. The first kappa shape index (κ1) is 13.9. The van der Waals surface area contributed by atoms with Gasteiger partial charge in [0.15, 0.2) is 0 Å². The lowest BCUT2D eigenvalue weighted by molar-refractivity contribution is 0.344. The lowest BCUT2D eigenvalue weighted by Gasteiger charge is -2.15. The minimum atomic E-state index is -3.38. The number of anilines is 1. The molecule has 2 N–H and O–H groups in total. The molecule has 0 amide bonds. The Kier molecular flexibility index (Phi) is 3.96. The van der Waals surface area contributed by atoms with E-state index in [1.165, 1.54) is 12.8 Å². The first-order valence-electron chi connectivity index (χ1n) is 7.24. The van der Waals surface area contributed by atoms with Crippen molar-refractivity contribution < 1.29 is 8.42 Å². The van der Waals surface area contributed by atoms with Crippen molar-refractivity contribution in [1.29, 1.82) is 0 Å². The smallest absolute Gasteiger partial charge is 0.240 e. The Morgan fingerprint density at radius 2 is 2.05 bits per heavy atom. The molecule has 0 bridgehead atoms. The zero-order valence-electron chi connectivity index (χ0n) is 11.6. The summed E-state index contributed by atoms with van der Waals surface area (Å²) < 4.78 is 27.2. The van der Waals surface area contributed by atoms with E-state index >= 15 is 0 Å². The van der Waals surface area contributed by atoms with Crippen LogP contribution in [0, 0.1) is 0 Å². The van der Waals surface area contributed by atoms with Crippen LogP contribution in [0.15, 0.2) is 23.1 Å². The van der Waals surface area contributed by atoms with Crippen molar-refractivity contribution in [2.45, 2.75) is 24.2 Å². The Labute approximate surface area is 120 Å². The molecule has 0 unspecified atom stereocenters. The molecule has 2 aliphatic heterocycles. The predicted octanol–water partition coefficient (Wildman–Crippen LogP) is 1.03. The van der Waals surface area contributed by atoms with Crippen molar-refractivity contribution in [3.05, 3.63) is 23.8 Å². The van der Waals surface area contributed by atoms with Crippen LogP contribution in [0.25, 0.3) is 0 Å². The van der Waals surface area contributed by atoms with E-state index in [9.17, 15) is 8.42 Å². The largest absolute Gasteiger partial charge is 0.384 e. The molecule has 2 aliphatic rings. The average Bonchev–Trinajstić information content (AvgIpc) is 3.08. The molecule has 0 saturated carbocycles. The molecule has 5 nitrogen and oxygen atoms in total. The van der Waals surface area contributed by atoms with Crippen LogP contribution in [0.5, 0.6) is 0 Å². The molecule has 2 heterocycles. The maximum Gasteiger partial charge on any atom is 0.240 e. The highest BCUT2D eigenvalue weighted by Gasteiger charge is 2.18. The minimum Gasteiger partial charge on any atom is -0.384 e. The van der Waals surface area contributed by atoms with Crippen molar-refractivity contribution in [1.82, 2.24) is 9.62 Å². The van der Waals surface area contributed by atoms with Crippen molar-refractivity contribution in [2.24, 2.45) is 0 Å². The van der Waals surface area contributed by atoms with Gasteiger partial charge in [-0.25, -0.2) is 13.1 Å². The first-order valence-corrected chi connectivity index (χ1v) is 8.72. The molecule has 0 aliphatic carbocycles. The fourth-order valence-electron chi connectivity index (χ4n) is 2.88. The van der Waals surface area contributed by atoms with Gasteiger partial charge in [0, 0.05) is 25.3 Å². The zero-order chi connectivity index (χ0) is 14.0. The molecule has 110 valence electrons. The van der Waals surface area contributed by atoms with E-state index in [0.29, 0.717) is 11.4 Å². The van der Waals surface area contributed by atoms with E-state index in [1.54, 1.807) is 12.1 Å². The van der Waals surface area contributed by atoms with Crippen molar-refractivity contribution in [3.63, 3.8) is 0 Å². The standard InChI is InChI=1S/C14H21N3O2S/c18-20(19,16-7-10-17-8-1-2-9-17)13-3-4-14-12(11-13)5-6-15-14/h3-4,11,15-16H,1-2,5-10H2. The summed E-state index contributed by atoms with van der Waals surface area (Å²) in [4.78, 5) is 2.68. The van der Waals surface area contributed by atoms with Gasteiger partial charge < -0.3 is 10.2 Å². The summed E-state index contributed by atoms with van der Waals surface area (Å²) in [6.07, 6.45) is 3.35. The number of hydrogen-bond donors (Lipinski definition) is 2. The summed E-state index contributed by atoms with van der Waals surface area (Å²) in [5.74, 6) is 0. The lowest BCUT2D eigenvalue weighted by Crippen LogP contribution is -2.33. The topological polar surface area (TPSA) is 61.4 Å². The molecular weight excluding hydrogens is 274 g/mol. The molecule has 0 atom stereocenters. The Balaban J connectivity index is 1.62. The van der Waals surface area contributed by atoms with Gasteiger partial charge >= 0.3 is 0 Å². The molecule has 0 radical (unpaired) electrons. The number of nitrogens with zero attached hydrogens (tertiary/aromatic N) is 1. The third kappa shape index (κ3) is 2.97. The number of likely N-dealkylation sites (tertiary alicyclic amines) is 1. The van der Waals surface area contributed by atoms with Gasteiger partial charge in [-0.2, -0.15) is 0 Å². The summed E-state index contributed by atoms with van der Waals surface area (Å²) in [5.41, 5.74) is 2.15. The molecule has 1 aromatic rings. The van der Waals surface area contributed by atoms with Crippen molar-refractivity contribution in [2.75, 3.05) is 38.0 Å². The number of rotatable bonds is 5. The van der Waals surface area contributed by atoms with Crippen LogP contribution in [0.3, 0.4) is 0 Å². The molecule has 0 spiro atoms. The summed E-state index contributed by atoms with van der Waals surface area (Å²) >= 11 is 0. The molecule has 6 heteroatoms. The molecule has 20 heavy (non-hydrogen) atoms. The Hall–Kier alpha value is -1.11. The van der Waals surface area contributed by atoms with E-state index < -0.39 is 10.0 Å². The average molecular weight is 295 g/mol. The Morgan fingerprint density at radius 1 is 1.25 bits per heavy atom. The second-order valence-electron chi connectivity index (χ2n) is 5.44. The highest BCUT2D eigenvalue weighted by molar-refractivity contribution is 7.89. The van der Waals surface area contributed by atoms with Gasteiger partial charge in [-0.3, -0.25) is 0 Å². The van der Waals surface area contributed by atoms with Gasteiger partial charge in [0.2, 0.25) is 10.0 Å². The lowest BCUT2D eigenvalue weighted by atomic mass is 10.2. The normalized spacial score (nSPS) is 19.0. The highest BCUT2D eigenvalue weighted by Crippen LogP contribution is 2.24. The maximum absolute atomic E-state index is 12.3. The molecule has 1 saturated heterocycles. The Morgan fingerprint density at radius 3 is 2.85 bits per heavy atom. The summed E-state index contributed by atoms with van der Waals surface area (Å²) in [7, 11) is -3.38. The van der Waals surface area contributed by atoms with E-state index in [2.05, 4.69) is 14.9 Å². The van der Waals surface area contributed by atoms with E-state index in [-0.39, 0.29) is 0 Å². The van der Waals surface area contributed by atoms with Gasteiger partial charge in [0.1, 0.15) is 0 Å². The SMILES string of the molecule is O=S(=O)(NCCN1CCCC1)c1ccc2c(c1)CCN2. The fraction of sp³-hybridized carbons (Fsp3) is 0.571. The van der Waals surface area contributed by atoms with Crippen LogP contribution in [0.4, 0.5) is 5.69 Å². The van der Waals surface area contributed by atoms with Crippen LogP contribution in [0.2, 0.25) is 0 Å². The molecule has 1 aromatic carbocycles. The van der Waals surface area contributed by atoms with Gasteiger partial charge in [-0.05, 0) is 56.1 Å². The second kappa shape index (κ2) is 5.71. The van der Waals surface area contributed by atoms with Crippen LogP contribution >= 0.6 is 0 Å². The van der Waals surface area contributed by atoms with Gasteiger partial charge in [-0.15, -0.1) is 0 Å². The summed E-state index contributed by atoms with van der Waals surface area (Å²) in [6, 6.07) is 5.32. The Bertz CT molecular complexity index is 580. The number of hydrogen-bond acceptors (Lipinski definition) is 4. The summed E-state index contributed by atoms with van der Waals surface area (Å²) in [5, 5.41) is 3.24. The van der Waals surface area contributed by atoms with Gasteiger partial charge in [0.25, 0.3) is 0 Å². The van der Waals surface area contributed by atoms with Crippen LogP contribution in [-0.4, -0.2) is 46.0 Å². The highest BCUT2D eigenvalue weighted by atomic mass is 32.2. The third-order valence-electron chi connectivity index (χ3n) is 4.02.